The average Bonchev–Trinajstić information content (AvgIpc) is 3.01. The van der Waals surface area contributed by atoms with Crippen molar-refractivity contribution in [3.05, 3.63) is 58.4 Å². The molecule has 20 heavy (non-hydrogen) atoms. The Hall–Kier alpha value is -2.36. The van der Waals surface area contributed by atoms with Crippen LogP contribution in [-0.4, -0.2) is 28.9 Å². The lowest BCUT2D eigenvalue weighted by Gasteiger charge is -2.15. The smallest absolute Gasteiger partial charge is 0.253 e. The number of nitrogens with zero attached hydrogens (tertiary/aromatic N) is 1. The highest BCUT2D eigenvalue weighted by molar-refractivity contribution is 5.95. The number of rotatable bonds is 2. The third-order valence-electron chi connectivity index (χ3n) is 3.58. The Balaban J connectivity index is 1.93. The van der Waals surface area contributed by atoms with Gasteiger partial charge in [-0.25, -0.2) is 0 Å². The van der Waals surface area contributed by atoms with Crippen molar-refractivity contribution < 1.29 is 4.79 Å². The third kappa shape index (κ3) is 2.50. The Kier molecular flexibility index (Phi) is 3.37. The molecule has 2 aromatic rings. The van der Waals surface area contributed by atoms with E-state index in [9.17, 15) is 9.59 Å². The summed E-state index contributed by atoms with van der Waals surface area (Å²) in [6, 6.07) is 12.4. The highest BCUT2D eigenvalue weighted by atomic mass is 16.2. The van der Waals surface area contributed by atoms with Crippen molar-refractivity contribution >= 4 is 5.91 Å². The normalized spacial score (nSPS) is 14.5. The summed E-state index contributed by atoms with van der Waals surface area (Å²) in [5, 5.41) is 0. The van der Waals surface area contributed by atoms with Crippen molar-refractivity contribution in [2.75, 3.05) is 13.1 Å². The molecule has 0 saturated carbocycles. The molecule has 0 atom stereocenters. The Morgan fingerprint density at radius 1 is 1.05 bits per heavy atom. The number of H-pyrrole nitrogens is 1. The van der Waals surface area contributed by atoms with Crippen molar-refractivity contribution in [1.29, 1.82) is 0 Å². The van der Waals surface area contributed by atoms with Gasteiger partial charge in [0.2, 0.25) is 5.56 Å². The molecule has 1 fully saturated rings. The first-order valence-corrected chi connectivity index (χ1v) is 6.83. The fraction of sp³-hybridized carbons (Fsp3) is 0.250. The number of aromatic amines is 1. The van der Waals surface area contributed by atoms with Gasteiger partial charge in [0.25, 0.3) is 5.91 Å². The molecule has 3 rings (SSSR count). The summed E-state index contributed by atoms with van der Waals surface area (Å²) in [6.07, 6.45) is 2.16. The van der Waals surface area contributed by atoms with E-state index in [-0.39, 0.29) is 11.5 Å². The molecule has 4 heteroatoms. The zero-order valence-corrected chi connectivity index (χ0v) is 11.1. The van der Waals surface area contributed by atoms with Crippen molar-refractivity contribution in [3.8, 4) is 11.3 Å². The van der Waals surface area contributed by atoms with Gasteiger partial charge in [-0.3, -0.25) is 9.59 Å². The molecule has 1 amide bonds. The number of carbonyl (C=O) groups excluding carboxylic acids is 1. The SMILES string of the molecule is O=C(c1cccc(-c2cccc(=O)[nH]2)c1)N1CCCC1. The lowest BCUT2D eigenvalue weighted by atomic mass is 10.1. The molecule has 0 unspecified atom stereocenters. The molecular formula is C16H16N2O2. The Bertz CT molecular complexity index is 685. The maximum atomic E-state index is 12.4. The zero-order chi connectivity index (χ0) is 13.9. The van der Waals surface area contributed by atoms with Gasteiger partial charge in [0, 0.05) is 30.4 Å². The van der Waals surface area contributed by atoms with E-state index in [2.05, 4.69) is 4.98 Å². The number of pyridine rings is 1. The number of benzene rings is 1. The Morgan fingerprint density at radius 2 is 1.80 bits per heavy atom. The molecule has 2 heterocycles. The van der Waals surface area contributed by atoms with Gasteiger partial charge in [0.1, 0.15) is 0 Å². The van der Waals surface area contributed by atoms with Gasteiger partial charge in [-0.15, -0.1) is 0 Å². The summed E-state index contributed by atoms with van der Waals surface area (Å²) in [7, 11) is 0. The van der Waals surface area contributed by atoms with E-state index in [0.29, 0.717) is 5.56 Å². The van der Waals surface area contributed by atoms with Crippen LogP contribution >= 0.6 is 0 Å². The molecule has 1 N–H and O–H groups in total. The molecule has 0 aliphatic carbocycles. The largest absolute Gasteiger partial charge is 0.339 e. The second kappa shape index (κ2) is 5.33. The predicted molar refractivity (Wildman–Crippen MR) is 77.6 cm³/mol. The minimum atomic E-state index is -0.140. The quantitative estimate of drug-likeness (QED) is 0.908. The molecule has 0 bridgehead atoms. The summed E-state index contributed by atoms with van der Waals surface area (Å²) in [5.74, 6) is 0.0719. The van der Waals surface area contributed by atoms with Crippen LogP contribution in [0.25, 0.3) is 11.3 Å². The second-order valence-electron chi connectivity index (χ2n) is 5.01. The van der Waals surface area contributed by atoms with E-state index in [1.807, 2.05) is 35.2 Å². The number of amides is 1. The highest BCUT2D eigenvalue weighted by Crippen LogP contribution is 2.19. The van der Waals surface area contributed by atoms with E-state index in [1.54, 1.807) is 6.07 Å². The van der Waals surface area contributed by atoms with Crippen molar-refractivity contribution in [3.63, 3.8) is 0 Å². The van der Waals surface area contributed by atoms with Crippen LogP contribution in [-0.2, 0) is 0 Å². The minimum Gasteiger partial charge on any atom is -0.339 e. The summed E-state index contributed by atoms with van der Waals surface area (Å²) in [6.45, 7) is 1.68. The van der Waals surface area contributed by atoms with Crippen molar-refractivity contribution in [2.45, 2.75) is 12.8 Å². The van der Waals surface area contributed by atoms with E-state index < -0.39 is 0 Å². The number of likely N-dealkylation sites (tertiary alicyclic amines) is 1. The molecule has 0 radical (unpaired) electrons. The summed E-state index contributed by atoms with van der Waals surface area (Å²) >= 11 is 0. The van der Waals surface area contributed by atoms with Gasteiger partial charge in [-0.1, -0.05) is 18.2 Å². The average molecular weight is 268 g/mol. The Labute approximate surface area is 117 Å². The van der Waals surface area contributed by atoms with Crippen LogP contribution < -0.4 is 5.56 Å². The number of nitrogens with one attached hydrogen (secondary N) is 1. The molecule has 0 spiro atoms. The molecule has 1 aliphatic heterocycles. The first-order chi connectivity index (χ1) is 9.74. The molecule has 4 nitrogen and oxygen atoms in total. The van der Waals surface area contributed by atoms with Crippen LogP contribution in [0.2, 0.25) is 0 Å². The van der Waals surface area contributed by atoms with E-state index >= 15 is 0 Å². The van der Waals surface area contributed by atoms with Gasteiger partial charge >= 0.3 is 0 Å². The third-order valence-corrected chi connectivity index (χ3v) is 3.58. The van der Waals surface area contributed by atoms with Gasteiger partial charge in [-0.2, -0.15) is 0 Å². The predicted octanol–water partition coefficient (Wildman–Crippen LogP) is 2.28. The summed E-state index contributed by atoms with van der Waals surface area (Å²) < 4.78 is 0. The monoisotopic (exact) mass is 268 g/mol. The molecule has 1 aromatic carbocycles. The van der Waals surface area contributed by atoms with E-state index in [4.69, 9.17) is 0 Å². The number of hydrogen-bond acceptors (Lipinski definition) is 2. The maximum absolute atomic E-state index is 12.4. The lowest BCUT2D eigenvalue weighted by Crippen LogP contribution is -2.27. The maximum Gasteiger partial charge on any atom is 0.253 e. The minimum absolute atomic E-state index is 0.0719. The molecule has 1 aliphatic rings. The van der Waals surface area contributed by atoms with Crippen LogP contribution in [0.4, 0.5) is 0 Å². The number of hydrogen-bond donors (Lipinski definition) is 1. The molecule has 1 saturated heterocycles. The van der Waals surface area contributed by atoms with Gasteiger partial charge in [-0.05, 0) is 36.6 Å². The lowest BCUT2D eigenvalue weighted by molar-refractivity contribution is 0.0793. The zero-order valence-electron chi connectivity index (χ0n) is 11.1. The molecule has 102 valence electrons. The summed E-state index contributed by atoms with van der Waals surface area (Å²) in [5.41, 5.74) is 2.12. The van der Waals surface area contributed by atoms with Crippen molar-refractivity contribution in [1.82, 2.24) is 9.88 Å². The fourth-order valence-corrected chi connectivity index (χ4v) is 2.54. The summed E-state index contributed by atoms with van der Waals surface area (Å²) in [4.78, 5) is 28.4. The van der Waals surface area contributed by atoms with Crippen LogP contribution in [0.1, 0.15) is 23.2 Å². The Morgan fingerprint density at radius 3 is 2.55 bits per heavy atom. The van der Waals surface area contributed by atoms with Crippen LogP contribution in [0.15, 0.2) is 47.3 Å². The molecule has 1 aromatic heterocycles. The first-order valence-electron chi connectivity index (χ1n) is 6.83. The van der Waals surface area contributed by atoms with Crippen LogP contribution in [0.3, 0.4) is 0 Å². The number of carbonyl (C=O) groups is 1. The van der Waals surface area contributed by atoms with Gasteiger partial charge in [0.15, 0.2) is 0 Å². The highest BCUT2D eigenvalue weighted by Gasteiger charge is 2.19. The van der Waals surface area contributed by atoms with E-state index in [1.165, 1.54) is 6.07 Å². The topological polar surface area (TPSA) is 53.2 Å². The molecular weight excluding hydrogens is 252 g/mol. The second-order valence-corrected chi connectivity index (χ2v) is 5.01. The van der Waals surface area contributed by atoms with Gasteiger partial charge < -0.3 is 9.88 Å². The van der Waals surface area contributed by atoms with Crippen LogP contribution in [0, 0.1) is 0 Å². The fourth-order valence-electron chi connectivity index (χ4n) is 2.54. The van der Waals surface area contributed by atoms with Crippen molar-refractivity contribution in [2.24, 2.45) is 0 Å². The standard InChI is InChI=1S/C16H16N2O2/c19-15-8-4-7-14(17-15)12-5-3-6-13(11-12)16(20)18-9-1-2-10-18/h3-8,11H,1-2,9-10H2,(H,17,19). The first kappa shape index (κ1) is 12.7. The number of aromatic nitrogens is 1. The van der Waals surface area contributed by atoms with Gasteiger partial charge in [0.05, 0.1) is 0 Å². The van der Waals surface area contributed by atoms with Crippen LogP contribution in [0.5, 0.6) is 0 Å². The van der Waals surface area contributed by atoms with E-state index in [0.717, 1.165) is 37.2 Å².